The van der Waals surface area contributed by atoms with Crippen molar-refractivity contribution in [3.63, 3.8) is 0 Å². The van der Waals surface area contributed by atoms with Crippen LogP contribution < -0.4 is 21.9 Å². The number of nitrogens with one attached hydrogen (secondary N) is 1. The predicted molar refractivity (Wildman–Crippen MR) is 89.8 cm³/mol. The molecule has 1 atom stereocenters. The lowest BCUT2D eigenvalue weighted by atomic mass is 10.1. The monoisotopic (exact) mass is 319 g/mol. The van der Waals surface area contributed by atoms with Crippen LogP contribution in [0.2, 0.25) is 0 Å². The van der Waals surface area contributed by atoms with Crippen LogP contribution in [-0.2, 0) is 11.3 Å². The summed E-state index contributed by atoms with van der Waals surface area (Å²) < 4.78 is 11.5. The topological polar surface area (TPSA) is 125 Å². The Bertz CT molecular complexity index is 570. The zero-order chi connectivity index (χ0) is 16.5. The highest BCUT2D eigenvalue weighted by molar-refractivity contribution is 5.27. The first kappa shape index (κ1) is 17.3. The Morgan fingerprint density at radius 2 is 1.91 bits per heavy atom. The number of imidazole rings is 1. The second-order valence-electron chi connectivity index (χ2n) is 5.20. The van der Waals surface area contributed by atoms with Crippen LogP contribution in [-0.4, -0.2) is 29.7 Å². The number of aromatic nitrogens is 2. The third kappa shape index (κ3) is 5.55. The van der Waals surface area contributed by atoms with Crippen molar-refractivity contribution in [1.29, 1.82) is 0 Å². The molecule has 0 aliphatic heterocycles. The Morgan fingerprint density at radius 3 is 2.52 bits per heavy atom. The van der Waals surface area contributed by atoms with Crippen molar-refractivity contribution in [1.82, 2.24) is 9.97 Å². The minimum absolute atomic E-state index is 0.129. The molecule has 7 heteroatoms. The first-order valence-corrected chi connectivity index (χ1v) is 7.77. The molecule has 7 nitrogen and oxygen atoms in total. The molecule has 1 aromatic heterocycles. The van der Waals surface area contributed by atoms with Gasteiger partial charge in [-0.2, -0.15) is 0 Å². The molecule has 0 aliphatic rings. The average molecular weight is 319 g/mol. The second kappa shape index (κ2) is 9.14. The molecule has 0 radical (unpaired) electrons. The summed E-state index contributed by atoms with van der Waals surface area (Å²) in [5, 5.41) is 0. The van der Waals surface area contributed by atoms with E-state index in [2.05, 4.69) is 9.97 Å². The van der Waals surface area contributed by atoms with Gasteiger partial charge in [0, 0.05) is 12.7 Å². The van der Waals surface area contributed by atoms with E-state index in [-0.39, 0.29) is 6.10 Å². The molecule has 2 aromatic rings. The number of anilines is 1. The van der Waals surface area contributed by atoms with E-state index >= 15 is 0 Å². The smallest absolute Gasteiger partial charge is 0.197 e. The maximum Gasteiger partial charge on any atom is 0.197 e. The van der Waals surface area contributed by atoms with Crippen molar-refractivity contribution in [2.24, 2.45) is 11.5 Å². The number of hydrogen-bond donors (Lipinski definition) is 4. The fourth-order valence-corrected chi connectivity index (χ4v) is 2.21. The molecule has 2 rings (SSSR count). The molecule has 23 heavy (non-hydrogen) atoms. The van der Waals surface area contributed by atoms with Crippen molar-refractivity contribution >= 4 is 5.95 Å². The van der Waals surface area contributed by atoms with E-state index in [4.69, 9.17) is 26.7 Å². The lowest BCUT2D eigenvalue weighted by Gasteiger charge is -2.16. The molecule has 0 saturated heterocycles. The van der Waals surface area contributed by atoms with Gasteiger partial charge in [-0.3, -0.25) is 0 Å². The maximum atomic E-state index is 5.87. The minimum Gasteiger partial charge on any atom is -0.491 e. The average Bonchev–Trinajstić information content (AvgIpc) is 3.01. The van der Waals surface area contributed by atoms with Gasteiger partial charge in [-0.25, -0.2) is 4.98 Å². The number of benzene rings is 1. The van der Waals surface area contributed by atoms with Crippen molar-refractivity contribution in [2.75, 3.05) is 25.5 Å². The Hall–Kier alpha value is -2.09. The normalized spacial score (nSPS) is 12.3. The van der Waals surface area contributed by atoms with Gasteiger partial charge in [0.25, 0.3) is 0 Å². The molecule has 0 bridgehead atoms. The summed E-state index contributed by atoms with van der Waals surface area (Å²) in [5.41, 5.74) is 18.6. The van der Waals surface area contributed by atoms with Gasteiger partial charge in [0.15, 0.2) is 5.95 Å². The number of nitrogens with zero attached hydrogens (tertiary/aromatic N) is 1. The molecule has 0 aliphatic carbocycles. The van der Waals surface area contributed by atoms with Crippen LogP contribution in [0.1, 0.15) is 30.2 Å². The van der Waals surface area contributed by atoms with Gasteiger partial charge in [-0.05, 0) is 37.1 Å². The highest BCUT2D eigenvalue weighted by Crippen LogP contribution is 2.21. The van der Waals surface area contributed by atoms with E-state index in [1.807, 2.05) is 24.3 Å². The van der Waals surface area contributed by atoms with Gasteiger partial charge in [0.05, 0.1) is 12.3 Å². The number of nitrogens with two attached hydrogens (primary N) is 3. The molecular formula is C16H25N5O2. The van der Waals surface area contributed by atoms with E-state index in [1.54, 1.807) is 6.20 Å². The highest BCUT2D eigenvalue weighted by Gasteiger charge is 2.14. The molecular weight excluding hydrogens is 294 g/mol. The van der Waals surface area contributed by atoms with Gasteiger partial charge in [-0.15, -0.1) is 0 Å². The molecule has 0 spiro atoms. The van der Waals surface area contributed by atoms with E-state index in [9.17, 15) is 0 Å². The van der Waals surface area contributed by atoms with Gasteiger partial charge >= 0.3 is 0 Å². The highest BCUT2D eigenvalue weighted by atomic mass is 16.5. The summed E-state index contributed by atoms with van der Waals surface area (Å²) in [6.45, 7) is 2.06. The zero-order valence-corrected chi connectivity index (χ0v) is 13.2. The third-order valence-electron chi connectivity index (χ3n) is 3.45. The van der Waals surface area contributed by atoms with Crippen LogP contribution in [0.4, 0.5) is 5.95 Å². The van der Waals surface area contributed by atoms with Crippen molar-refractivity contribution in [3.05, 3.63) is 41.7 Å². The Balaban J connectivity index is 1.78. The molecule has 0 fully saturated rings. The lowest BCUT2D eigenvalue weighted by Crippen LogP contribution is -2.13. The molecule has 1 heterocycles. The predicted octanol–water partition coefficient (Wildman–Crippen LogP) is 1.33. The summed E-state index contributed by atoms with van der Waals surface area (Å²) in [6.07, 6.45) is 3.30. The number of aromatic amines is 1. The summed E-state index contributed by atoms with van der Waals surface area (Å²) in [7, 11) is 0. The summed E-state index contributed by atoms with van der Waals surface area (Å²) >= 11 is 0. The van der Waals surface area contributed by atoms with Gasteiger partial charge in [0.1, 0.15) is 18.5 Å². The van der Waals surface area contributed by atoms with Gasteiger partial charge in [0.2, 0.25) is 0 Å². The fourth-order valence-electron chi connectivity index (χ4n) is 2.21. The van der Waals surface area contributed by atoms with Crippen LogP contribution in [0.5, 0.6) is 5.75 Å². The molecule has 1 aromatic carbocycles. The summed E-state index contributed by atoms with van der Waals surface area (Å²) in [4.78, 5) is 7.09. The first-order valence-electron chi connectivity index (χ1n) is 7.77. The molecule has 1 unspecified atom stereocenters. The number of rotatable bonds is 10. The molecule has 126 valence electrons. The van der Waals surface area contributed by atoms with Crippen molar-refractivity contribution < 1.29 is 9.47 Å². The van der Waals surface area contributed by atoms with E-state index < -0.39 is 0 Å². The quantitative estimate of drug-likeness (QED) is 0.489. The minimum atomic E-state index is -0.129. The van der Waals surface area contributed by atoms with Crippen LogP contribution >= 0.6 is 0 Å². The third-order valence-corrected chi connectivity index (χ3v) is 3.45. The van der Waals surface area contributed by atoms with E-state index in [0.29, 0.717) is 32.3 Å². The zero-order valence-electron chi connectivity index (χ0n) is 13.2. The Morgan fingerprint density at radius 1 is 1.13 bits per heavy atom. The van der Waals surface area contributed by atoms with Crippen molar-refractivity contribution in [3.8, 4) is 5.75 Å². The molecule has 0 amide bonds. The Kier molecular flexibility index (Phi) is 6.86. The van der Waals surface area contributed by atoms with Gasteiger partial charge in [-0.1, -0.05) is 12.1 Å². The van der Waals surface area contributed by atoms with Crippen molar-refractivity contribution in [2.45, 2.75) is 25.5 Å². The lowest BCUT2D eigenvalue weighted by molar-refractivity contribution is 0.0249. The largest absolute Gasteiger partial charge is 0.491 e. The number of hydrogen-bond acceptors (Lipinski definition) is 6. The number of ether oxygens (including phenoxy) is 2. The fraction of sp³-hybridized carbons (Fsp3) is 0.438. The SMILES string of the molecule is NCCCC(OCCOc1ccc(CN)cc1)c1c[nH]c(N)n1. The standard InChI is InChI=1S/C16H25N5O2/c17-7-1-2-15(14-11-20-16(19)21-14)23-9-8-22-13-5-3-12(10-18)4-6-13/h3-6,11,15H,1-2,7-10,17-18H2,(H3,19,20,21). The second-order valence-corrected chi connectivity index (χ2v) is 5.20. The van der Waals surface area contributed by atoms with Crippen LogP contribution in [0.3, 0.4) is 0 Å². The van der Waals surface area contributed by atoms with E-state index in [0.717, 1.165) is 29.8 Å². The molecule has 0 saturated carbocycles. The van der Waals surface area contributed by atoms with Crippen LogP contribution in [0.15, 0.2) is 30.5 Å². The van der Waals surface area contributed by atoms with E-state index in [1.165, 1.54) is 0 Å². The maximum absolute atomic E-state index is 5.87. The number of nitrogen functional groups attached to an aromatic ring is 1. The number of H-pyrrole nitrogens is 1. The first-order chi connectivity index (χ1) is 11.2. The Labute approximate surface area is 136 Å². The summed E-state index contributed by atoms with van der Waals surface area (Å²) in [5.74, 6) is 1.19. The van der Waals surface area contributed by atoms with Gasteiger partial charge < -0.3 is 31.7 Å². The van der Waals surface area contributed by atoms with Crippen LogP contribution in [0.25, 0.3) is 0 Å². The summed E-state index contributed by atoms with van der Waals surface area (Å²) in [6, 6.07) is 7.71. The molecule has 7 N–H and O–H groups in total. The van der Waals surface area contributed by atoms with Crippen LogP contribution in [0, 0.1) is 0 Å².